The van der Waals surface area contributed by atoms with E-state index in [1.165, 1.54) is 39.2 Å². The largest absolute Gasteiger partial charge is 0.494 e. The fourth-order valence-electron chi connectivity index (χ4n) is 5.29. The summed E-state index contributed by atoms with van der Waals surface area (Å²) in [6, 6.07) is 10.5. The van der Waals surface area contributed by atoms with E-state index in [-0.39, 0.29) is 35.3 Å². The summed E-state index contributed by atoms with van der Waals surface area (Å²) in [4.78, 5) is 13.4. The highest BCUT2D eigenvalue weighted by Crippen LogP contribution is 2.44. The Morgan fingerprint density at radius 2 is 1.83 bits per heavy atom. The van der Waals surface area contributed by atoms with Crippen LogP contribution in [0.3, 0.4) is 0 Å². The molecule has 11 heteroatoms. The first-order valence-electron chi connectivity index (χ1n) is 13.3. The molecule has 0 aliphatic carbocycles. The molecular weight excluding hydrogens is 551 g/mol. The maximum absolute atomic E-state index is 16.4. The van der Waals surface area contributed by atoms with Crippen molar-refractivity contribution in [2.75, 3.05) is 20.3 Å². The van der Waals surface area contributed by atoms with Crippen molar-refractivity contribution in [3.05, 3.63) is 88.4 Å². The van der Waals surface area contributed by atoms with E-state index in [0.29, 0.717) is 22.3 Å². The van der Waals surface area contributed by atoms with Crippen LogP contribution in [0.15, 0.2) is 48.5 Å². The van der Waals surface area contributed by atoms with E-state index in [4.69, 9.17) is 9.47 Å². The number of hydrogen-bond donors (Lipinski definition) is 3. The number of nitrogens with one attached hydrogen (secondary N) is 1. The molecule has 0 radical (unpaired) electrons. The van der Waals surface area contributed by atoms with E-state index < -0.39 is 52.8 Å². The van der Waals surface area contributed by atoms with Gasteiger partial charge in [-0.05, 0) is 69.2 Å². The van der Waals surface area contributed by atoms with Gasteiger partial charge >= 0.3 is 0 Å². The fourth-order valence-corrected chi connectivity index (χ4v) is 5.29. The molecule has 5 rings (SSSR count). The second-order valence-corrected chi connectivity index (χ2v) is 10.9. The van der Waals surface area contributed by atoms with E-state index in [1.807, 2.05) is 0 Å². The number of carbonyl (C=O) groups is 1. The van der Waals surface area contributed by atoms with E-state index in [2.05, 4.69) is 15.5 Å². The molecule has 0 spiro atoms. The molecular formula is C31H30F3N3O5. The van der Waals surface area contributed by atoms with Gasteiger partial charge in [-0.3, -0.25) is 4.79 Å². The number of hydrogen-bond acceptors (Lipinski definition) is 7. The predicted octanol–water partition coefficient (Wildman–Crippen LogP) is 4.67. The molecule has 2 heterocycles. The molecule has 220 valence electrons. The number of ether oxygens (including phenoxy) is 2. The molecule has 1 aromatic heterocycles. The molecule has 0 saturated carbocycles. The number of aliphatic hydroxyl groups is 2. The number of amides is 1. The van der Waals surface area contributed by atoms with Crippen LogP contribution >= 0.6 is 0 Å². The summed E-state index contributed by atoms with van der Waals surface area (Å²) >= 11 is 0. The van der Waals surface area contributed by atoms with E-state index in [1.54, 1.807) is 19.1 Å². The summed E-state index contributed by atoms with van der Waals surface area (Å²) in [6.45, 7) is 4.06. The molecule has 3 aromatic carbocycles. The summed E-state index contributed by atoms with van der Waals surface area (Å²) in [7, 11) is 1.44. The quantitative estimate of drug-likeness (QED) is 0.291. The lowest BCUT2D eigenvalue weighted by Gasteiger charge is -2.35. The van der Waals surface area contributed by atoms with Crippen LogP contribution in [0.5, 0.6) is 5.75 Å². The van der Waals surface area contributed by atoms with Crippen molar-refractivity contribution < 1.29 is 37.7 Å². The first kappa shape index (κ1) is 29.4. The first-order chi connectivity index (χ1) is 19.9. The number of aryl methyl sites for hydroxylation is 1. The van der Waals surface area contributed by atoms with Crippen molar-refractivity contribution in [3.63, 3.8) is 0 Å². The average molecular weight is 582 g/mol. The van der Waals surface area contributed by atoms with Gasteiger partial charge in [0, 0.05) is 22.1 Å². The van der Waals surface area contributed by atoms with Gasteiger partial charge in [0.25, 0.3) is 5.91 Å². The predicted molar refractivity (Wildman–Crippen MR) is 148 cm³/mol. The van der Waals surface area contributed by atoms with Gasteiger partial charge in [0.05, 0.1) is 43.2 Å². The molecule has 8 nitrogen and oxygen atoms in total. The Morgan fingerprint density at radius 1 is 1.12 bits per heavy atom. The highest BCUT2D eigenvalue weighted by Gasteiger charge is 2.49. The number of benzene rings is 3. The lowest BCUT2D eigenvalue weighted by Crippen LogP contribution is -2.48. The Bertz CT molecular complexity index is 1670. The molecule has 0 bridgehead atoms. The zero-order valence-electron chi connectivity index (χ0n) is 23.5. The average Bonchev–Trinajstić information content (AvgIpc) is 3.31. The molecule has 3 N–H and O–H groups in total. The van der Waals surface area contributed by atoms with Gasteiger partial charge in [-0.2, -0.15) is 5.10 Å². The maximum atomic E-state index is 16.4. The third-order valence-electron chi connectivity index (χ3n) is 7.51. The number of aromatic nitrogens is 2. The van der Waals surface area contributed by atoms with Crippen LogP contribution in [-0.2, 0) is 15.9 Å². The highest BCUT2D eigenvalue weighted by atomic mass is 19.1. The molecule has 2 atom stereocenters. The SMILES string of the molecule is COc1cc(C(=O)NC[C@@]2(c3cc(C(C)(C)O)c(F)c(-c4ccc(F)cc4)c3F)OCC[C@H]2O)cc2cc(C)nnc12. The Labute approximate surface area is 240 Å². The number of rotatable bonds is 7. The van der Waals surface area contributed by atoms with Crippen LogP contribution in [0.2, 0.25) is 0 Å². The minimum Gasteiger partial charge on any atom is -0.494 e. The summed E-state index contributed by atoms with van der Waals surface area (Å²) in [6.07, 6.45) is -1.18. The van der Waals surface area contributed by atoms with Crippen LogP contribution in [0.25, 0.3) is 22.0 Å². The zero-order chi connectivity index (χ0) is 30.4. The van der Waals surface area contributed by atoms with Crippen molar-refractivity contribution in [1.82, 2.24) is 15.5 Å². The molecule has 1 amide bonds. The fraction of sp³-hybridized carbons (Fsp3) is 0.323. The van der Waals surface area contributed by atoms with Crippen molar-refractivity contribution in [2.45, 2.75) is 44.5 Å². The van der Waals surface area contributed by atoms with Gasteiger partial charge < -0.3 is 25.0 Å². The second kappa shape index (κ2) is 11.0. The summed E-state index contributed by atoms with van der Waals surface area (Å²) in [5.41, 5.74) is -3.31. The molecule has 1 fully saturated rings. The first-order valence-corrected chi connectivity index (χ1v) is 13.3. The Kier molecular flexibility index (Phi) is 7.69. The summed E-state index contributed by atoms with van der Waals surface area (Å²) in [5.74, 6) is -2.96. The van der Waals surface area contributed by atoms with Crippen LogP contribution in [0.4, 0.5) is 13.2 Å². The van der Waals surface area contributed by atoms with Crippen molar-refractivity contribution >= 4 is 16.8 Å². The van der Waals surface area contributed by atoms with Gasteiger partial charge in [-0.25, -0.2) is 13.2 Å². The van der Waals surface area contributed by atoms with Crippen LogP contribution in [0, 0.1) is 24.4 Å². The third-order valence-corrected chi connectivity index (χ3v) is 7.51. The minimum atomic E-state index is -1.83. The zero-order valence-corrected chi connectivity index (χ0v) is 23.5. The highest BCUT2D eigenvalue weighted by molar-refractivity contribution is 5.99. The number of nitrogens with zero attached hydrogens (tertiary/aromatic N) is 2. The number of halogens is 3. The topological polar surface area (TPSA) is 114 Å². The van der Waals surface area contributed by atoms with Crippen molar-refractivity contribution in [2.24, 2.45) is 0 Å². The molecule has 0 unspecified atom stereocenters. The van der Waals surface area contributed by atoms with Crippen LogP contribution < -0.4 is 10.1 Å². The molecule has 4 aromatic rings. The van der Waals surface area contributed by atoms with Gasteiger partial charge in [0.2, 0.25) is 0 Å². The maximum Gasteiger partial charge on any atom is 0.251 e. The van der Waals surface area contributed by atoms with Gasteiger partial charge in [-0.1, -0.05) is 12.1 Å². The summed E-state index contributed by atoms with van der Waals surface area (Å²) in [5, 5.41) is 33.4. The van der Waals surface area contributed by atoms with Gasteiger partial charge in [0.15, 0.2) is 0 Å². The molecule has 1 saturated heterocycles. The molecule has 42 heavy (non-hydrogen) atoms. The lowest BCUT2D eigenvalue weighted by molar-refractivity contribution is -0.0626. The van der Waals surface area contributed by atoms with Gasteiger partial charge in [0.1, 0.15) is 34.3 Å². The van der Waals surface area contributed by atoms with E-state index >= 15 is 8.78 Å². The Hall–Kier alpha value is -4.06. The Morgan fingerprint density at radius 3 is 2.45 bits per heavy atom. The monoisotopic (exact) mass is 581 g/mol. The van der Waals surface area contributed by atoms with Crippen molar-refractivity contribution in [1.29, 1.82) is 0 Å². The van der Waals surface area contributed by atoms with Gasteiger partial charge in [-0.15, -0.1) is 5.10 Å². The lowest BCUT2D eigenvalue weighted by atomic mass is 9.81. The van der Waals surface area contributed by atoms with E-state index in [9.17, 15) is 19.4 Å². The van der Waals surface area contributed by atoms with Crippen LogP contribution in [-0.4, -0.2) is 52.7 Å². The Balaban J connectivity index is 1.60. The normalized spacial score (nSPS) is 18.8. The number of carbonyl (C=O) groups excluding carboxylic acids is 1. The van der Waals surface area contributed by atoms with E-state index in [0.717, 1.165) is 18.2 Å². The third kappa shape index (κ3) is 5.19. The minimum absolute atomic E-state index is 0.0204. The molecule has 1 aliphatic rings. The molecule has 1 aliphatic heterocycles. The smallest absolute Gasteiger partial charge is 0.251 e. The number of fused-ring (bicyclic) bond motifs is 1. The number of aliphatic hydroxyl groups excluding tert-OH is 1. The second-order valence-electron chi connectivity index (χ2n) is 10.9. The van der Waals surface area contributed by atoms with Crippen LogP contribution in [0.1, 0.15) is 47.4 Å². The van der Waals surface area contributed by atoms with Crippen molar-refractivity contribution in [3.8, 4) is 16.9 Å². The standard InChI is InChI=1S/C31H30F3N3O5/c1-16-11-18-12-19(13-23(41-4)28(18)37-36-16)29(39)35-15-31(24(38)9-10-42-31)22-14-21(30(2,3)40)26(33)25(27(22)34)17-5-7-20(32)8-6-17/h5-8,11-14,24,38,40H,9-10,15H2,1-4H3,(H,35,39)/t24-,31+/m1/s1. The number of methoxy groups -OCH3 is 1. The summed E-state index contributed by atoms with van der Waals surface area (Å²) < 4.78 is 57.1.